The zero-order valence-corrected chi connectivity index (χ0v) is 7.43. The van der Waals surface area contributed by atoms with Crippen LogP contribution in [-0.2, 0) is 18.8 Å². The Labute approximate surface area is 66.8 Å². The number of rotatable bonds is 2. The van der Waals surface area contributed by atoms with Gasteiger partial charge >= 0.3 is 10.4 Å². The first kappa shape index (κ1) is 8.96. The van der Waals surface area contributed by atoms with E-state index >= 15 is 0 Å². The summed E-state index contributed by atoms with van der Waals surface area (Å²) in [7, 11) is -3.67. The molecule has 1 aliphatic rings. The number of hydrogen-bond donors (Lipinski definition) is 0. The first-order valence-corrected chi connectivity index (χ1v) is 5.04. The highest BCUT2D eigenvalue weighted by Gasteiger charge is 2.37. The molecule has 0 aliphatic carbocycles. The van der Waals surface area contributed by atoms with Gasteiger partial charge in [0.2, 0.25) is 0 Å². The van der Waals surface area contributed by atoms with Crippen LogP contribution in [0.5, 0.6) is 0 Å². The smallest absolute Gasteiger partial charge is 0.242 e. The minimum Gasteiger partial charge on any atom is -0.242 e. The van der Waals surface area contributed by atoms with Crippen LogP contribution in [0.2, 0.25) is 0 Å². The Bertz CT molecular complexity index is 203. The normalized spacial score (nSPS) is 35.8. The summed E-state index contributed by atoms with van der Waals surface area (Å²) in [6.45, 7) is 3.75. The van der Waals surface area contributed by atoms with Crippen molar-refractivity contribution >= 4 is 10.4 Å². The molecule has 0 spiro atoms. The molecule has 1 heterocycles. The van der Waals surface area contributed by atoms with Crippen molar-refractivity contribution in [3.05, 3.63) is 0 Å². The Balaban J connectivity index is 2.70. The average molecular weight is 180 g/mol. The molecule has 0 saturated carbocycles. The lowest BCUT2D eigenvalue weighted by Gasteiger charge is -2.08. The monoisotopic (exact) mass is 180 g/mol. The van der Waals surface area contributed by atoms with Crippen LogP contribution in [0, 0.1) is 0 Å². The van der Waals surface area contributed by atoms with E-state index < -0.39 is 10.4 Å². The summed E-state index contributed by atoms with van der Waals surface area (Å²) in [4.78, 5) is 0. The second-order valence-corrected chi connectivity index (χ2v) is 3.70. The van der Waals surface area contributed by atoms with E-state index in [4.69, 9.17) is 0 Å². The summed E-state index contributed by atoms with van der Waals surface area (Å²) >= 11 is 0. The Morgan fingerprint density at radius 3 is 1.73 bits per heavy atom. The molecule has 4 nitrogen and oxygen atoms in total. The fourth-order valence-electron chi connectivity index (χ4n) is 1.11. The van der Waals surface area contributed by atoms with Gasteiger partial charge in [-0.2, -0.15) is 8.42 Å². The predicted octanol–water partition coefficient (Wildman–Crippen LogP) is 0.835. The van der Waals surface area contributed by atoms with Crippen molar-refractivity contribution in [1.29, 1.82) is 0 Å². The van der Waals surface area contributed by atoms with E-state index in [1.165, 1.54) is 0 Å². The van der Waals surface area contributed by atoms with Crippen molar-refractivity contribution < 1.29 is 16.8 Å². The standard InChI is InChI=1S/C6H12O4S/c1-3-5-6(4-2)10-11(7,8)9-5/h5-6H,3-4H2,1-2H3. The summed E-state index contributed by atoms with van der Waals surface area (Å²) in [5.41, 5.74) is 0. The van der Waals surface area contributed by atoms with Crippen molar-refractivity contribution in [2.75, 3.05) is 0 Å². The van der Waals surface area contributed by atoms with Crippen molar-refractivity contribution in [1.82, 2.24) is 0 Å². The second-order valence-electron chi connectivity index (χ2n) is 2.49. The van der Waals surface area contributed by atoms with E-state index in [0.29, 0.717) is 12.8 Å². The zero-order chi connectivity index (χ0) is 8.48. The van der Waals surface area contributed by atoms with Crippen molar-refractivity contribution in [3.63, 3.8) is 0 Å². The molecule has 1 saturated heterocycles. The molecule has 5 heteroatoms. The van der Waals surface area contributed by atoms with Crippen LogP contribution in [0.1, 0.15) is 26.7 Å². The Morgan fingerprint density at radius 2 is 1.45 bits per heavy atom. The maximum absolute atomic E-state index is 10.7. The van der Waals surface area contributed by atoms with Gasteiger partial charge in [0.05, 0.1) is 0 Å². The van der Waals surface area contributed by atoms with Crippen LogP contribution in [-0.4, -0.2) is 20.6 Å². The van der Waals surface area contributed by atoms with Gasteiger partial charge in [0.15, 0.2) is 0 Å². The van der Waals surface area contributed by atoms with Crippen molar-refractivity contribution in [2.45, 2.75) is 38.9 Å². The first-order chi connectivity index (χ1) is 5.09. The minimum atomic E-state index is -3.67. The van der Waals surface area contributed by atoms with E-state index in [0.717, 1.165) is 0 Å². The number of hydrogen-bond acceptors (Lipinski definition) is 4. The van der Waals surface area contributed by atoms with E-state index in [1.54, 1.807) is 0 Å². The molecule has 0 N–H and O–H groups in total. The molecule has 2 unspecified atom stereocenters. The van der Waals surface area contributed by atoms with Gasteiger partial charge in [-0.15, -0.1) is 0 Å². The molecule has 0 amide bonds. The lowest BCUT2D eigenvalue weighted by atomic mass is 10.1. The predicted molar refractivity (Wildman–Crippen MR) is 39.2 cm³/mol. The summed E-state index contributed by atoms with van der Waals surface area (Å²) < 4.78 is 30.8. The molecule has 1 aliphatic heterocycles. The van der Waals surface area contributed by atoms with E-state index in [9.17, 15) is 8.42 Å². The van der Waals surface area contributed by atoms with Crippen LogP contribution in [0.15, 0.2) is 0 Å². The summed E-state index contributed by atoms with van der Waals surface area (Å²) in [5.74, 6) is 0. The van der Waals surface area contributed by atoms with Gasteiger partial charge in [-0.3, -0.25) is 0 Å². The maximum Gasteiger partial charge on any atom is 0.400 e. The van der Waals surface area contributed by atoms with E-state index in [2.05, 4.69) is 8.37 Å². The van der Waals surface area contributed by atoms with E-state index in [-0.39, 0.29) is 12.2 Å². The van der Waals surface area contributed by atoms with E-state index in [1.807, 2.05) is 13.8 Å². The molecule has 0 aromatic rings. The Hall–Kier alpha value is -0.130. The summed E-state index contributed by atoms with van der Waals surface area (Å²) in [6, 6.07) is 0. The Kier molecular flexibility index (Phi) is 2.51. The highest BCUT2D eigenvalue weighted by Crippen LogP contribution is 2.24. The minimum absolute atomic E-state index is 0.287. The van der Waals surface area contributed by atoms with Gasteiger partial charge in [0.1, 0.15) is 12.2 Å². The van der Waals surface area contributed by atoms with Gasteiger partial charge in [0, 0.05) is 0 Å². The lowest BCUT2D eigenvalue weighted by molar-refractivity contribution is 0.148. The van der Waals surface area contributed by atoms with Gasteiger partial charge in [0.25, 0.3) is 0 Å². The van der Waals surface area contributed by atoms with Crippen LogP contribution >= 0.6 is 0 Å². The molecule has 0 aromatic heterocycles. The molecule has 66 valence electrons. The highest BCUT2D eigenvalue weighted by molar-refractivity contribution is 7.82. The van der Waals surface area contributed by atoms with Crippen molar-refractivity contribution in [3.8, 4) is 0 Å². The van der Waals surface area contributed by atoms with Crippen molar-refractivity contribution in [2.24, 2.45) is 0 Å². The SMILES string of the molecule is CCC1OS(=O)(=O)OC1CC. The molecule has 0 radical (unpaired) electrons. The van der Waals surface area contributed by atoms with Crippen LogP contribution < -0.4 is 0 Å². The molecule has 1 rings (SSSR count). The summed E-state index contributed by atoms with van der Waals surface area (Å²) in [5, 5.41) is 0. The first-order valence-electron chi connectivity index (χ1n) is 3.70. The van der Waals surface area contributed by atoms with Gasteiger partial charge < -0.3 is 0 Å². The third-order valence-electron chi connectivity index (χ3n) is 1.70. The fraction of sp³-hybridized carbons (Fsp3) is 1.00. The topological polar surface area (TPSA) is 52.6 Å². The molecular weight excluding hydrogens is 168 g/mol. The molecule has 11 heavy (non-hydrogen) atoms. The quantitative estimate of drug-likeness (QED) is 0.631. The fourth-order valence-corrected chi connectivity index (χ4v) is 2.28. The van der Waals surface area contributed by atoms with Crippen LogP contribution in [0.3, 0.4) is 0 Å². The maximum atomic E-state index is 10.7. The molecule has 2 atom stereocenters. The summed E-state index contributed by atoms with van der Waals surface area (Å²) in [6.07, 6.45) is 0.755. The molecule has 0 aromatic carbocycles. The zero-order valence-electron chi connectivity index (χ0n) is 6.61. The lowest BCUT2D eigenvalue weighted by Crippen LogP contribution is -2.20. The molecule has 0 bridgehead atoms. The van der Waals surface area contributed by atoms with Gasteiger partial charge in [-0.1, -0.05) is 13.8 Å². The van der Waals surface area contributed by atoms with Crippen LogP contribution in [0.25, 0.3) is 0 Å². The Morgan fingerprint density at radius 1 is 1.09 bits per heavy atom. The molecule has 1 fully saturated rings. The largest absolute Gasteiger partial charge is 0.400 e. The van der Waals surface area contributed by atoms with Crippen LogP contribution in [0.4, 0.5) is 0 Å². The third kappa shape index (κ3) is 1.91. The highest BCUT2D eigenvalue weighted by atomic mass is 32.3. The second kappa shape index (κ2) is 3.08. The molecular formula is C6H12O4S. The van der Waals surface area contributed by atoms with Gasteiger partial charge in [-0.25, -0.2) is 8.37 Å². The third-order valence-corrected chi connectivity index (χ3v) is 2.67. The average Bonchev–Trinajstić information content (AvgIpc) is 2.25. The van der Waals surface area contributed by atoms with Gasteiger partial charge in [-0.05, 0) is 12.8 Å².